The van der Waals surface area contributed by atoms with E-state index in [2.05, 4.69) is 25.5 Å². The van der Waals surface area contributed by atoms with Gasteiger partial charge in [-0.1, -0.05) is 0 Å². The number of H-pyrrole nitrogens is 1. The van der Waals surface area contributed by atoms with Gasteiger partial charge in [0.25, 0.3) is 5.91 Å². The number of anilines is 3. The number of benzene rings is 1. The highest BCUT2D eigenvalue weighted by Crippen LogP contribution is 2.41. The van der Waals surface area contributed by atoms with E-state index in [-0.39, 0.29) is 16.9 Å². The molecule has 3 N–H and O–H groups in total. The highest BCUT2D eigenvalue weighted by molar-refractivity contribution is 5.98. The average molecular weight is 545 g/mol. The molecule has 2 fully saturated rings. The summed E-state index contributed by atoms with van der Waals surface area (Å²) in [4.78, 5) is 24.9. The van der Waals surface area contributed by atoms with Crippen LogP contribution in [0.15, 0.2) is 24.4 Å². The molecule has 1 amide bonds. The molecule has 6 rings (SSSR count). The maximum Gasteiger partial charge on any atom is 0.418 e. The highest BCUT2D eigenvalue weighted by Gasteiger charge is 2.36. The first-order valence-electron chi connectivity index (χ1n) is 13.3. The number of ether oxygens (including phenoxy) is 2. The maximum atomic E-state index is 13.6. The number of aromatic nitrogens is 2. The summed E-state index contributed by atoms with van der Waals surface area (Å²) in [6, 6.07) is 5.49. The third kappa shape index (κ3) is 4.87. The first kappa shape index (κ1) is 25.8. The molecule has 3 aromatic rings. The van der Waals surface area contributed by atoms with Crippen molar-refractivity contribution in [3.8, 4) is 5.75 Å². The van der Waals surface area contributed by atoms with Crippen molar-refractivity contribution < 1.29 is 27.4 Å². The molecule has 3 aliphatic heterocycles. The Labute approximate surface area is 223 Å². The Bertz CT molecular complexity index is 1390. The number of nitrogens with one attached hydrogen (secondary N) is 3. The molecular weight excluding hydrogens is 513 g/mol. The fourth-order valence-corrected chi connectivity index (χ4v) is 5.82. The molecule has 0 spiro atoms. The first-order chi connectivity index (χ1) is 18.8. The third-order valence-corrected chi connectivity index (χ3v) is 7.68. The van der Waals surface area contributed by atoms with Gasteiger partial charge in [-0.25, -0.2) is 4.98 Å². The van der Waals surface area contributed by atoms with Crippen LogP contribution >= 0.6 is 0 Å². The van der Waals surface area contributed by atoms with E-state index >= 15 is 0 Å². The number of carbonyl (C=O) groups is 1. The molecule has 0 unspecified atom stereocenters. The predicted octanol–water partition coefficient (Wildman–Crippen LogP) is 4.24. The number of alkyl halides is 3. The van der Waals surface area contributed by atoms with E-state index < -0.39 is 11.7 Å². The van der Waals surface area contributed by atoms with E-state index in [4.69, 9.17) is 9.47 Å². The van der Waals surface area contributed by atoms with Crippen LogP contribution in [0.2, 0.25) is 0 Å². The minimum atomic E-state index is -4.51. The van der Waals surface area contributed by atoms with Crippen LogP contribution in [0.5, 0.6) is 5.75 Å². The Hall–Kier alpha value is -3.51. The van der Waals surface area contributed by atoms with Crippen molar-refractivity contribution in [2.75, 3.05) is 63.2 Å². The number of aromatic amines is 1. The molecule has 39 heavy (non-hydrogen) atoms. The van der Waals surface area contributed by atoms with Gasteiger partial charge in [0, 0.05) is 74.3 Å². The molecular formula is C27H31F3N6O3. The summed E-state index contributed by atoms with van der Waals surface area (Å²) in [6.45, 7) is 7.37. The summed E-state index contributed by atoms with van der Waals surface area (Å²) in [7, 11) is 0. The summed E-state index contributed by atoms with van der Waals surface area (Å²) in [5.74, 6) is 0.942. The molecule has 5 heterocycles. The Morgan fingerprint density at radius 2 is 2.00 bits per heavy atom. The average Bonchev–Trinajstić information content (AvgIpc) is 3.69. The van der Waals surface area contributed by atoms with E-state index in [1.165, 1.54) is 0 Å². The maximum absolute atomic E-state index is 13.6. The van der Waals surface area contributed by atoms with Crippen molar-refractivity contribution in [1.82, 2.24) is 19.8 Å². The van der Waals surface area contributed by atoms with Crippen LogP contribution in [0.3, 0.4) is 0 Å². The zero-order chi connectivity index (χ0) is 27.1. The lowest BCUT2D eigenvalue weighted by molar-refractivity contribution is -0.136. The van der Waals surface area contributed by atoms with Crippen molar-refractivity contribution in [2.45, 2.75) is 32.0 Å². The van der Waals surface area contributed by atoms with Crippen molar-refractivity contribution in [1.29, 1.82) is 0 Å². The second-order valence-electron chi connectivity index (χ2n) is 10.0. The molecule has 1 atom stereocenters. The minimum Gasteiger partial charge on any atom is -0.491 e. The second kappa shape index (κ2) is 10.2. The fourth-order valence-electron chi connectivity index (χ4n) is 5.82. The van der Waals surface area contributed by atoms with Crippen LogP contribution in [-0.4, -0.2) is 84.3 Å². The molecule has 0 saturated carbocycles. The molecule has 0 aliphatic carbocycles. The zero-order valence-corrected chi connectivity index (χ0v) is 21.7. The van der Waals surface area contributed by atoms with Crippen LogP contribution in [-0.2, 0) is 17.3 Å². The monoisotopic (exact) mass is 544 g/mol. The Balaban J connectivity index is 1.25. The number of pyridine rings is 1. The number of likely N-dealkylation sites (tertiary alicyclic amines) is 1. The van der Waals surface area contributed by atoms with Gasteiger partial charge in [0.1, 0.15) is 17.2 Å². The molecule has 208 valence electrons. The van der Waals surface area contributed by atoms with Crippen molar-refractivity contribution in [3.63, 3.8) is 0 Å². The fraction of sp³-hybridized carbons (Fsp3) is 0.481. The standard InChI is InChI=1S/C27H31F3N6O3/c1-2-31-21-13-22(34-25-23(21)19(14-32-25)27(28,29)30)33-20-4-3-18(17-6-10-39-24(17)20)26(37)36-7-5-16(15-36)35-8-11-38-12-9-35/h3-4,13-14,16H,2,5-12,15H2,1H3,(H3,31,32,33,34)/t16-/m0/s1. The van der Waals surface area contributed by atoms with Crippen LogP contribution in [0.4, 0.5) is 30.4 Å². The summed E-state index contributed by atoms with van der Waals surface area (Å²) < 4.78 is 52.1. The Morgan fingerprint density at radius 3 is 2.77 bits per heavy atom. The summed E-state index contributed by atoms with van der Waals surface area (Å²) >= 11 is 0. The lowest BCUT2D eigenvalue weighted by Gasteiger charge is -2.32. The number of rotatable bonds is 6. The van der Waals surface area contributed by atoms with E-state index in [0.717, 1.165) is 44.5 Å². The first-order valence-corrected chi connectivity index (χ1v) is 13.3. The van der Waals surface area contributed by atoms with E-state index in [1.54, 1.807) is 18.2 Å². The summed E-state index contributed by atoms with van der Waals surface area (Å²) in [5, 5.41) is 6.22. The normalized spacial score (nSPS) is 19.8. The van der Waals surface area contributed by atoms with Gasteiger partial charge in [-0.2, -0.15) is 13.2 Å². The van der Waals surface area contributed by atoms with Crippen molar-refractivity contribution >= 4 is 34.1 Å². The van der Waals surface area contributed by atoms with E-state index in [9.17, 15) is 18.0 Å². The van der Waals surface area contributed by atoms with Gasteiger partial charge in [-0.3, -0.25) is 9.69 Å². The number of morpholine rings is 1. The van der Waals surface area contributed by atoms with Gasteiger partial charge >= 0.3 is 6.18 Å². The van der Waals surface area contributed by atoms with Gasteiger partial charge < -0.3 is 30.0 Å². The highest BCUT2D eigenvalue weighted by atomic mass is 19.4. The number of nitrogens with zero attached hydrogens (tertiary/aromatic N) is 3. The van der Waals surface area contributed by atoms with Gasteiger partial charge in [0.05, 0.1) is 36.5 Å². The lowest BCUT2D eigenvalue weighted by atomic mass is 10.0. The Kier molecular flexibility index (Phi) is 6.76. The number of hydrogen-bond acceptors (Lipinski definition) is 7. The molecule has 0 radical (unpaired) electrons. The number of fused-ring (bicyclic) bond motifs is 2. The number of halogens is 3. The Morgan fingerprint density at radius 1 is 1.18 bits per heavy atom. The number of hydrogen-bond donors (Lipinski definition) is 3. The molecule has 0 bridgehead atoms. The van der Waals surface area contributed by atoms with Gasteiger partial charge in [0.2, 0.25) is 0 Å². The van der Waals surface area contributed by atoms with Crippen molar-refractivity contribution in [3.05, 3.63) is 41.1 Å². The lowest BCUT2D eigenvalue weighted by Crippen LogP contribution is -2.45. The summed E-state index contributed by atoms with van der Waals surface area (Å²) in [6.07, 6.45) is -2.02. The topological polar surface area (TPSA) is 94.8 Å². The van der Waals surface area contributed by atoms with Crippen LogP contribution in [0.1, 0.15) is 34.8 Å². The van der Waals surface area contributed by atoms with Crippen LogP contribution in [0, 0.1) is 0 Å². The molecule has 12 heteroatoms. The van der Waals surface area contributed by atoms with Crippen molar-refractivity contribution in [2.24, 2.45) is 0 Å². The molecule has 2 saturated heterocycles. The predicted molar refractivity (Wildman–Crippen MR) is 141 cm³/mol. The largest absolute Gasteiger partial charge is 0.491 e. The van der Waals surface area contributed by atoms with Gasteiger partial charge in [-0.05, 0) is 25.5 Å². The van der Waals surface area contributed by atoms with Crippen LogP contribution in [0.25, 0.3) is 11.0 Å². The molecule has 1 aromatic carbocycles. The zero-order valence-electron chi connectivity index (χ0n) is 21.7. The SMILES string of the molecule is CCNc1cc(Nc2ccc(C(=O)N3CC[C@H](N4CCOCC4)C3)c3c2OCC3)nc2[nH]cc(C(F)(F)F)c12. The second-order valence-corrected chi connectivity index (χ2v) is 10.0. The quantitative estimate of drug-likeness (QED) is 0.428. The summed E-state index contributed by atoms with van der Waals surface area (Å²) in [5.41, 5.74) is 1.77. The van der Waals surface area contributed by atoms with Gasteiger partial charge in [0.15, 0.2) is 0 Å². The smallest absolute Gasteiger partial charge is 0.418 e. The molecule has 3 aliphatic rings. The molecule has 2 aromatic heterocycles. The minimum absolute atomic E-state index is 0.000832. The number of amides is 1. The molecule has 9 nitrogen and oxygen atoms in total. The van der Waals surface area contributed by atoms with Gasteiger partial charge in [-0.15, -0.1) is 0 Å². The van der Waals surface area contributed by atoms with E-state index in [1.807, 2.05) is 11.8 Å². The number of carbonyl (C=O) groups excluding carboxylic acids is 1. The third-order valence-electron chi connectivity index (χ3n) is 7.68. The van der Waals surface area contributed by atoms with E-state index in [0.29, 0.717) is 67.2 Å². The van der Waals surface area contributed by atoms with Crippen LogP contribution < -0.4 is 15.4 Å².